The summed E-state index contributed by atoms with van der Waals surface area (Å²) in [5.74, 6) is -1.64. The van der Waals surface area contributed by atoms with Gasteiger partial charge < -0.3 is 28.0 Å². The molecule has 4 atom stereocenters. The van der Waals surface area contributed by atoms with E-state index in [2.05, 4.69) is 0 Å². The molecule has 150 valence electrons. The largest absolute Gasteiger partial charge is 0.463 e. The van der Waals surface area contributed by atoms with Crippen molar-refractivity contribution in [2.75, 3.05) is 20.8 Å². The van der Waals surface area contributed by atoms with Crippen LogP contribution in [0.2, 0.25) is 0 Å². The molecule has 0 radical (unpaired) electrons. The second kappa shape index (κ2) is 10.6. The van der Waals surface area contributed by atoms with Crippen LogP contribution in [-0.2, 0) is 54.2 Å². The van der Waals surface area contributed by atoms with Crippen LogP contribution < -0.4 is 0 Å². The fourth-order valence-electron chi connectivity index (χ4n) is 2.27. The van der Waals surface area contributed by atoms with Crippen LogP contribution in [0.15, 0.2) is 0 Å². The van der Waals surface area contributed by atoms with Gasteiger partial charge in [0.15, 0.2) is 6.10 Å². The molecule has 1 fully saturated rings. The van der Waals surface area contributed by atoms with Gasteiger partial charge in [-0.25, -0.2) is 0 Å². The van der Waals surface area contributed by atoms with Crippen molar-refractivity contribution < 1.29 is 42.4 Å². The minimum absolute atomic E-state index is 0.176. The van der Waals surface area contributed by atoms with Crippen LogP contribution in [-0.4, -0.2) is 62.5 Å². The summed E-state index contributed by atoms with van der Waals surface area (Å²) in [5, 5.41) is 0. The standard InChI is InChI=1S/C14H23O9PS2/c1-8(15)20-7-12-14(22-10(3)17)11(21-9(2)16)6-13(23-12)26-24(25,18-4)19-5/h11-14H,6-7H2,1-5H3/t11-,12-,13?,14+/m1/s1. The van der Waals surface area contributed by atoms with E-state index in [1.165, 1.54) is 35.0 Å². The van der Waals surface area contributed by atoms with E-state index in [0.717, 1.165) is 11.4 Å². The zero-order valence-electron chi connectivity index (χ0n) is 15.2. The molecule has 0 aromatic rings. The van der Waals surface area contributed by atoms with E-state index in [1.807, 2.05) is 0 Å². The molecular weight excluding hydrogens is 407 g/mol. The van der Waals surface area contributed by atoms with E-state index in [1.54, 1.807) is 0 Å². The van der Waals surface area contributed by atoms with Crippen molar-refractivity contribution in [1.29, 1.82) is 0 Å². The van der Waals surface area contributed by atoms with Crippen LogP contribution in [0, 0.1) is 0 Å². The van der Waals surface area contributed by atoms with E-state index in [4.69, 9.17) is 39.8 Å². The lowest BCUT2D eigenvalue weighted by molar-refractivity contribution is -0.204. The smallest absolute Gasteiger partial charge is 0.303 e. The minimum atomic E-state index is -2.65. The predicted molar refractivity (Wildman–Crippen MR) is 96.9 cm³/mol. The molecule has 1 aliphatic rings. The normalized spacial score (nSPS) is 26.0. The highest BCUT2D eigenvalue weighted by Crippen LogP contribution is 2.62. The average molecular weight is 430 g/mol. The van der Waals surface area contributed by atoms with Crippen molar-refractivity contribution >= 4 is 46.8 Å². The number of hydrogen-bond acceptors (Lipinski definition) is 11. The fourth-order valence-corrected chi connectivity index (χ4v) is 6.00. The Labute approximate surface area is 161 Å². The van der Waals surface area contributed by atoms with Gasteiger partial charge in [0, 0.05) is 41.4 Å². The summed E-state index contributed by atoms with van der Waals surface area (Å²) in [7, 11) is 2.86. The molecule has 1 rings (SSSR count). The summed E-state index contributed by atoms with van der Waals surface area (Å²) in [6.45, 7) is 3.54. The van der Waals surface area contributed by atoms with Gasteiger partial charge in [0.05, 0.1) is 0 Å². The SMILES string of the molecule is COP(=S)(OC)SC1C[C@@H](OC(C)=O)[C@H](OC(C)=O)[C@@H](COC(C)=O)O1. The summed E-state index contributed by atoms with van der Waals surface area (Å²) in [6, 6.07) is 0. The fraction of sp³-hybridized carbons (Fsp3) is 0.786. The second-order valence-corrected chi connectivity index (χ2v) is 11.9. The minimum Gasteiger partial charge on any atom is -0.463 e. The van der Waals surface area contributed by atoms with Gasteiger partial charge in [-0.15, -0.1) is 0 Å². The van der Waals surface area contributed by atoms with Crippen LogP contribution in [0.1, 0.15) is 27.2 Å². The summed E-state index contributed by atoms with van der Waals surface area (Å²) < 4.78 is 31.9. The Kier molecular flexibility index (Phi) is 9.49. The number of esters is 3. The number of ether oxygens (including phenoxy) is 4. The molecule has 0 saturated carbocycles. The molecule has 0 aliphatic carbocycles. The average Bonchev–Trinajstić information content (AvgIpc) is 2.54. The van der Waals surface area contributed by atoms with Crippen LogP contribution in [0.3, 0.4) is 0 Å². The quantitative estimate of drug-likeness (QED) is 0.319. The summed E-state index contributed by atoms with van der Waals surface area (Å²) in [4.78, 5) is 34.1. The van der Waals surface area contributed by atoms with Crippen LogP contribution in [0.5, 0.6) is 0 Å². The second-order valence-electron chi connectivity index (χ2n) is 5.28. The maximum atomic E-state index is 11.5. The summed E-state index contributed by atoms with van der Waals surface area (Å²) in [5.41, 5.74) is -3.22. The van der Waals surface area contributed by atoms with Crippen LogP contribution >= 0.6 is 17.1 Å². The Morgan fingerprint density at radius 1 is 1.08 bits per heavy atom. The topological polar surface area (TPSA) is 107 Å². The molecule has 12 heteroatoms. The maximum absolute atomic E-state index is 11.5. The van der Waals surface area contributed by atoms with E-state index in [-0.39, 0.29) is 13.0 Å². The van der Waals surface area contributed by atoms with E-state index in [0.29, 0.717) is 0 Å². The molecule has 0 aromatic heterocycles. The lowest BCUT2D eigenvalue weighted by atomic mass is 10.0. The first-order valence-electron chi connectivity index (χ1n) is 7.63. The highest BCUT2D eigenvalue weighted by molar-refractivity contribution is 8.68. The Hall–Kier alpha value is -0.710. The third-order valence-electron chi connectivity index (χ3n) is 3.25. The lowest BCUT2D eigenvalue weighted by Gasteiger charge is -2.40. The third-order valence-corrected chi connectivity index (χ3v) is 8.98. The Morgan fingerprint density at radius 2 is 1.65 bits per heavy atom. The van der Waals surface area contributed by atoms with Crippen molar-refractivity contribution in [2.24, 2.45) is 0 Å². The molecule has 0 bridgehead atoms. The van der Waals surface area contributed by atoms with Crippen LogP contribution in [0.4, 0.5) is 0 Å². The van der Waals surface area contributed by atoms with Crippen molar-refractivity contribution in [1.82, 2.24) is 0 Å². The first-order valence-corrected chi connectivity index (χ1v) is 11.8. The zero-order chi connectivity index (χ0) is 19.9. The Morgan fingerprint density at radius 3 is 2.12 bits per heavy atom. The van der Waals surface area contributed by atoms with E-state index >= 15 is 0 Å². The van der Waals surface area contributed by atoms with Gasteiger partial charge in [-0.1, -0.05) is 0 Å². The van der Waals surface area contributed by atoms with Gasteiger partial charge in [0.2, 0.25) is 5.69 Å². The molecule has 1 aliphatic heterocycles. The van der Waals surface area contributed by atoms with Gasteiger partial charge in [0.1, 0.15) is 24.3 Å². The molecule has 9 nitrogen and oxygen atoms in total. The van der Waals surface area contributed by atoms with Gasteiger partial charge in [0.25, 0.3) is 0 Å². The van der Waals surface area contributed by atoms with Gasteiger partial charge in [-0.3, -0.25) is 14.4 Å². The van der Waals surface area contributed by atoms with E-state index < -0.39 is 47.3 Å². The molecule has 26 heavy (non-hydrogen) atoms. The van der Waals surface area contributed by atoms with E-state index in [9.17, 15) is 14.4 Å². The molecule has 0 amide bonds. The first-order chi connectivity index (χ1) is 12.1. The number of carbonyl (C=O) groups excluding carboxylic acids is 3. The zero-order valence-corrected chi connectivity index (χ0v) is 17.7. The van der Waals surface area contributed by atoms with Gasteiger partial charge in [-0.2, -0.15) is 0 Å². The third kappa shape index (κ3) is 7.50. The Bertz CT molecular complexity index is 563. The van der Waals surface area contributed by atoms with Crippen molar-refractivity contribution in [2.45, 2.75) is 50.9 Å². The predicted octanol–water partition coefficient (Wildman–Crippen LogP) is 1.78. The van der Waals surface area contributed by atoms with Crippen molar-refractivity contribution in [3.63, 3.8) is 0 Å². The highest BCUT2D eigenvalue weighted by Gasteiger charge is 2.45. The molecule has 0 aromatic carbocycles. The molecule has 1 unspecified atom stereocenters. The molecular formula is C14H23O9PS2. The highest BCUT2D eigenvalue weighted by atomic mass is 32.9. The number of rotatable bonds is 8. The van der Waals surface area contributed by atoms with Crippen molar-refractivity contribution in [3.8, 4) is 0 Å². The van der Waals surface area contributed by atoms with Crippen molar-refractivity contribution in [3.05, 3.63) is 0 Å². The molecule has 1 heterocycles. The molecule has 1 saturated heterocycles. The first kappa shape index (κ1) is 23.3. The van der Waals surface area contributed by atoms with Gasteiger partial charge >= 0.3 is 17.9 Å². The lowest BCUT2D eigenvalue weighted by Crippen LogP contribution is -2.53. The number of carbonyl (C=O) groups is 3. The molecule has 0 N–H and O–H groups in total. The number of hydrogen-bond donors (Lipinski definition) is 0. The summed E-state index contributed by atoms with van der Waals surface area (Å²) >= 11 is 6.47. The summed E-state index contributed by atoms with van der Waals surface area (Å²) in [6.07, 6.45) is -2.35. The molecule has 0 spiro atoms. The Balaban J connectivity index is 3.04. The van der Waals surface area contributed by atoms with Gasteiger partial charge in [-0.05, 0) is 23.2 Å². The maximum Gasteiger partial charge on any atom is 0.303 e. The van der Waals surface area contributed by atoms with Crippen LogP contribution in [0.25, 0.3) is 0 Å². The monoisotopic (exact) mass is 430 g/mol.